The number of H-pyrrole nitrogens is 1. The Kier molecular flexibility index (Phi) is 6.48. The maximum Gasteiger partial charge on any atom is 0.300 e. The minimum absolute atomic E-state index is 0.0840. The van der Waals surface area contributed by atoms with Crippen LogP contribution in [0, 0.1) is 0 Å². The number of ketones is 1. The number of aliphatic hydroxyl groups is 1. The summed E-state index contributed by atoms with van der Waals surface area (Å²) in [7, 11) is 1.40. The van der Waals surface area contributed by atoms with Gasteiger partial charge in [-0.3, -0.25) is 14.5 Å². The van der Waals surface area contributed by atoms with Crippen LogP contribution >= 0.6 is 23.2 Å². The number of nitrogens with zero attached hydrogens (tertiary/aromatic N) is 1. The third kappa shape index (κ3) is 4.16. The molecule has 37 heavy (non-hydrogen) atoms. The number of hydrogen-bond acceptors (Lipinski definition) is 4. The average Bonchev–Trinajstić information content (AvgIpc) is 3.41. The van der Waals surface area contributed by atoms with Crippen LogP contribution < -0.4 is 9.64 Å². The topological polar surface area (TPSA) is 82.6 Å². The normalized spacial score (nSPS) is 17.2. The Bertz CT molecular complexity index is 1570. The number of benzene rings is 3. The standard InChI is InChI=1S/C29H24Cl2N2O4/c1-15(2)16-8-10-18(11-9-16)33-25(21-14-32-23-7-5-4-6-19(21)23)24(27(35)29(33)36)26(34)20-12-17(30)13-22(31)28(20)37-3/h4-15,25,32,34H,1-3H3/b26-24+. The largest absolute Gasteiger partial charge is 0.507 e. The second kappa shape index (κ2) is 9.61. The van der Waals surface area contributed by atoms with Gasteiger partial charge in [0.2, 0.25) is 0 Å². The van der Waals surface area contributed by atoms with Gasteiger partial charge in [-0.25, -0.2) is 0 Å². The summed E-state index contributed by atoms with van der Waals surface area (Å²) < 4.78 is 5.42. The maximum absolute atomic E-state index is 13.6. The van der Waals surface area contributed by atoms with E-state index in [1.807, 2.05) is 48.5 Å². The van der Waals surface area contributed by atoms with Gasteiger partial charge in [-0.1, -0.05) is 67.4 Å². The number of aromatic nitrogens is 1. The Labute approximate surface area is 224 Å². The Morgan fingerprint density at radius 2 is 1.76 bits per heavy atom. The van der Waals surface area contributed by atoms with Gasteiger partial charge in [-0.15, -0.1) is 0 Å². The Balaban J connectivity index is 1.79. The molecule has 1 amide bonds. The second-order valence-corrected chi connectivity index (χ2v) is 10.0. The van der Waals surface area contributed by atoms with E-state index in [0.29, 0.717) is 17.2 Å². The summed E-state index contributed by atoms with van der Waals surface area (Å²) in [6.45, 7) is 4.16. The van der Waals surface area contributed by atoms with Gasteiger partial charge in [0, 0.05) is 33.4 Å². The average molecular weight is 535 g/mol. The molecule has 1 fully saturated rings. The first-order valence-electron chi connectivity index (χ1n) is 11.7. The summed E-state index contributed by atoms with van der Waals surface area (Å²) in [6, 6.07) is 17.1. The monoisotopic (exact) mass is 534 g/mol. The first-order chi connectivity index (χ1) is 17.7. The highest BCUT2D eigenvalue weighted by Crippen LogP contribution is 2.46. The van der Waals surface area contributed by atoms with Gasteiger partial charge in [0.25, 0.3) is 11.7 Å². The molecule has 0 spiro atoms. The van der Waals surface area contributed by atoms with Crippen LogP contribution in [0.1, 0.15) is 42.5 Å². The van der Waals surface area contributed by atoms with Crippen molar-refractivity contribution in [2.75, 3.05) is 12.0 Å². The number of methoxy groups -OCH3 is 1. The molecule has 0 aliphatic carbocycles. The highest BCUT2D eigenvalue weighted by Gasteiger charge is 2.48. The fourth-order valence-electron chi connectivity index (χ4n) is 4.82. The van der Waals surface area contributed by atoms with E-state index >= 15 is 0 Å². The zero-order chi connectivity index (χ0) is 26.4. The molecule has 1 aliphatic heterocycles. The molecule has 1 unspecified atom stereocenters. The lowest BCUT2D eigenvalue weighted by molar-refractivity contribution is -0.132. The van der Waals surface area contributed by atoms with Crippen LogP contribution in [0.5, 0.6) is 5.75 Å². The molecular formula is C29H24Cl2N2O4. The molecule has 3 aromatic carbocycles. The van der Waals surface area contributed by atoms with Crippen molar-refractivity contribution in [3.63, 3.8) is 0 Å². The third-order valence-corrected chi connectivity index (χ3v) is 7.16. The highest BCUT2D eigenvalue weighted by atomic mass is 35.5. The van der Waals surface area contributed by atoms with E-state index in [4.69, 9.17) is 27.9 Å². The Morgan fingerprint density at radius 3 is 2.43 bits per heavy atom. The molecule has 188 valence electrons. The van der Waals surface area contributed by atoms with Crippen molar-refractivity contribution < 1.29 is 19.4 Å². The molecule has 0 radical (unpaired) electrons. The number of para-hydroxylation sites is 1. The molecule has 5 rings (SSSR count). The van der Waals surface area contributed by atoms with Crippen LogP contribution in [0.25, 0.3) is 16.7 Å². The van der Waals surface area contributed by atoms with Crippen LogP contribution in [0.3, 0.4) is 0 Å². The minimum Gasteiger partial charge on any atom is -0.507 e. The number of amides is 1. The number of ether oxygens (including phenoxy) is 1. The van der Waals surface area contributed by atoms with Crippen LogP contribution in [0.2, 0.25) is 10.0 Å². The Morgan fingerprint density at radius 1 is 1.05 bits per heavy atom. The number of nitrogens with one attached hydrogen (secondary N) is 1. The quantitative estimate of drug-likeness (QED) is 0.160. The molecule has 1 aromatic heterocycles. The summed E-state index contributed by atoms with van der Waals surface area (Å²) >= 11 is 12.6. The van der Waals surface area contributed by atoms with Crippen molar-refractivity contribution in [2.45, 2.75) is 25.8 Å². The number of carbonyl (C=O) groups is 2. The number of hydrogen-bond donors (Lipinski definition) is 2. The van der Waals surface area contributed by atoms with E-state index in [1.54, 1.807) is 6.20 Å². The number of aromatic amines is 1. The van der Waals surface area contributed by atoms with Gasteiger partial charge < -0.3 is 14.8 Å². The van der Waals surface area contributed by atoms with E-state index in [0.717, 1.165) is 16.5 Å². The molecule has 0 bridgehead atoms. The lowest BCUT2D eigenvalue weighted by Crippen LogP contribution is -2.29. The van der Waals surface area contributed by atoms with E-state index in [9.17, 15) is 14.7 Å². The first-order valence-corrected chi connectivity index (χ1v) is 12.5. The second-order valence-electron chi connectivity index (χ2n) is 9.17. The van der Waals surface area contributed by atoms with Crippen molar-refractivity contribution in [1.82, 2.24) is 4.98 Å². The van der Waals surface area contributed by atoms with E-state index in [2.05, 4.69) is 18.8 Å². The van der Waals surface area contributed by atoms with E-state index < -0.39 is 23.5 Å². The maximum atomic E-state index is 13.6. The van der Waals surface area contributed by atoms with Crippen molar-refractivity contribution in [2.24, 2.45) is 0 Å². The summed E-state index contributed by atoms with van der Waals surface area (Å²) in [4.78, 5) is 31.7. The molecule has 4 aromatic rings. The van der Waals surface area contributed by atoms with Gasteiger partial charge in [-0.05, 0) is 41.8 Å². The molecule has 6 nitrogen and oxygen atoms in total. The zero-order valence-electron chi connectivity index (χ0n) is 20.4. The first kappa shape index (κ1) is 24.9. The van der Waals surface area contributed by atoms with Gasteiger partial charge in [0.15, 0.2) is 0 Å². The summed E-state index contributed by atoms with van der Waals surface area (Å²) in [5, 5.41) is 12.8. The summed E-state index contributed by atoms with van der Waals surface area (Å²) in [5.74, 6) is -1.54. The fraction of sp³-hybridized carbons (Fsp3) is 0.172. The number of rotatable bonds is 5. The number of Topliss-reactive ketones (excluding diaryl/α,β-unsaturated/α-hetero) is 1. The number of anilines is 1. The molecule has 2 N–H and O–H groups in total. The molecule has 1 atom stereocenters. The predicted octanol–water partition coefficient (Wildman–Crippen LogP) is 7.23. The van der Waals surface area contributed by atoms with Crippen molar-refractivity contribution in [3.8, 4) is 5.75 Å². The number of fused-ring (bicyclic) bond motifs is 1. The van der Waals surface area contributed by atoms with E-state index in [-0.39, 0.29) is 26.9 Å². The smallest absolute Gasteiger partial charge is 0.300 e. The highest BCUT2D eigenvalue weighted by molar-refractivity contribution is 6.52. The van der Waals surface area contributed by atoms with Crippen LogP contribution in [0.4, 0.5) is 5.69 Å². The van der Waals surface area contributed by atoms with Crippen LogP contribution in [0.15, 0.2) is 72.4 Å². The molecule has 1 aliphatic rings. The summed E-state index contributed by atoms with van der Waals surface area (Å²) in [6.07, 6.45) is 1.76. The lowest BCUT2D eigenvalue weighted by Gasteiger charge is -2.25. The number of carbonyl (C=O) groups excluding carboxylic acids is 2. The lowest BCUT2D eigenvalue weighted by atomic mass is 9.94. The van der Waals surface area contributed by atoms with Gasteiger partial charge in [-0.2, -0.15) is 0 Å². The minimum atomic E-state index is -0.913. The van der Waals surface area contributed by atoms with E-state index in [1.165, 1.54) is 24.1 Å². The van der Waals surface area contributed by atoms with Crippen LogP contribution in [-0.2, 0) is 9.59 Å². The van der Waals surface area contributed by atoms with Crippen molar-refractivity contribution >= 4 is 57.2 Å². The molecule has 1 saturated heterocycles. The van der Waals surface area contributed by atoms with Crippen molar-refractivity contribution in [1.29, 1.82) is 0 Å². The number of aliphatic hydroxyl groups excluding tert-OH is 1. The van der Waals surface area contributed by atoms with Crippen molar-refractivity contribution in [3.05, 3.63) is 99.2 Å². The summed E-state index contributed by atoms with van der Waals surface area (Å²) in [5.41, 5.74) is 3.18. The predicted molar refractivity (Wildman–Crippen MR) is 147 cm³/mol. The fourth-order valence-corrected chi connectivity index (χ4v) is 5.39. The number of halogens is 2. The van der Waals surface area contributed by atoms with Gasteiger partial charge in [0.1, 0.15) is 11.5 Å². The third-order valence-electron chi connectivity index (χ3n) is 6.67. The molecule has 2 heterocycles. The Hall–Kier alpha value is -3.74. The van der Waals surface area contributed by atoms with Gasteiger partial charge >= 0.3 is 0 Å². The van der Waals surface area contributed by atoms with Crippen LogP contribution in [-0.4, -0.2) is 28.9 Å². The molecule has 0 saturated carbocycles. The zero-order valence-corrected chi connectivity index (χ0v) is 21.9. The van der Waals surface area contributed by atoms with Gasteiger partial charge in [0.05, 0.1) is 29.3 Å². The molecular weight excluding hydrogens is 511 g/mol. The SMILES string of the molecule is COc1c(Cl)cc(Cl)cc1/C(O)=C1\C(=O)C(=O)N(c2ccc(C(C)C)cc2)C1c1c[nH]c2ccccc12. The molecule has 8 heteroatoms.